The summed E-state index contributed by atoms with van der Waals surface area (Å²) < 4.78 is 13.0. The highest BCUT2D eigenvalue weighted by Gasteiger charge is 2.11. The van der Waals surface area contributed by atoms with Crippen LogP contribution in [0.15, 0.2) is 36.4 Å². The normalized spacial score (nSPS) is 9.85. The summed E-state index contributed by atoms with van der Waals surface area (Å²) in [4.78, 5) is 12.0. The molecule has 0 saturated heterocycles. The molecule has 3 N–H and O–H groups in total. The van der Waals surface area contributed by atoms with Gasteiger partial charge in [-0.1, -0.05) is 11.6 Å². The second kappa shape index (κ2) is 5.59. The van der Waals surface area contributed by atoms with Crippen LogP contribution in [0.1, 0.15) is 15.9 Å². The highest BCUT2D eigenvalue weighted by Crippen LogP contribution is 2.20. The molecule has 0 aliphatic carbocycles. The van der Waals surface area contributed by atoms with E-state index >= 15 is 0 Å². The summed E-state index contributed by atoms with van der Waals surface area (Å²) >= 11 is 5.62. The third-order valence-electron chi connectivity index (χ3n) is 2.59. The van der Waals surface area contributed by atoms with Crippen LogP contribution in [0.5, 0.6) is 0 Å². The van der Waals surface area contributed by atoms with Crippen LogP contribution < -0.4 is 11.1 Å². The van der Waals surface area contributed by atoms with Gasteiger partial charge in [0.1, 0.15) is 11.9 Å². The van der Waals surface area contributed by atoms with Gasteiger partial charge in [0.25, 0.3) is 5.91 Å². The van der Waals surface area contributed by atoms with E-state index in [-0.39, 0.29) is 16.1 Å². The zero-order valence-electron chi connectivity index (χ0n) is 10.2. The van der Waals surface area contributed by atoms with E-state index in [2.05, 4.69) is 5.32 Å². The summed E-state index contributed by atoms with van der Waals surface area (Å²) in [7, 11) is 0. The molecule has 0 saturated carbocycles. The lowest BCUT2D eigenvalue weighted by atomic mass is 10.1. The summed E-state index contributed by atoms with van der Waals surface area (Å²) in [5.41, 5.74) is 6.74. The molecule has 2 aromatic rings. The van der Waals surface area contributed by atoms with Crippen molar-refractivity contribution in [3.8, 4) is 6.07 Å². The molecule has 0 fully saturated rings. The molecule has 0 radical (unpaired) electrons. The van der Waals surface area contributed by atoms with Crippen LogP contribution in [0.25, 0.3) is 0 Å². The monoisotopic (exact) mass is 289 g/mol. The molecule has 1 amide bonds. The number of rotatable bonds is 2. The van der Waals surface area contributed by atoms with E-state index in [1.165, 1.54) is 24.3 Å². The first-order valence-corrected chi connectivity index (χ1v) is 5.95. The largest absolute Gasteiger partial charge is 0.399 e. The van der Waals surface area contributed by atoms with Gasteiger partial charge in [0.2, 0.25) is 0 Å². The van der Waals surface area contributed by atoms with Crippen LogP contribution in [0.3, 0.4) is 0 Å². The van der Waals surface area contributed by atoms with Crippen LogP contribution >= 0.6 is 11.6 Å². The Balaban J connectivity index is 2.28. The van der Waals surface area contributed by atoms with Gasteiger partial charge >= 0.3 is 0 Å². The number of halogens is 2. The van der Waals surface area contributed by atoms with Crippen LogP contribution in [0.2, 0.25) is 5.02 Å². The van der Waals surface area contributed by atoms with Crippen molar-refractivity contribution in [3.63, 3.8) is 0 Å². The van der Waals surface area contributed by atoms with Crippen molar-refractivity contribution >= 4 is 28.9 Å². The number of hydrogen-bond acceptors (Lipinski definition) is 3. The predicted molar refractivity (Wildman–Crippen MR) is 74.9 cm³/mol. The minimum Gasteiger partial charge on any atom is -0.399 e. The Labute approximate surface area is 119 Å². The predicted octanol–water partition coefficient (Wildman–Crippen LogP) is 3.19. The van der Waals surface area contributed by atoms with Gasteiger partial charge < -0.3 is 11.1 Å². The van der Waals surface area contributed by atoms with E-state index in [1.807, 2.05) is 6.07 Å². The summed E-state index contributed by atoms with van der Waals surface area (Å²) in [6.07, 6.45) is 0. The van der Waals surface area contributed by atoms with Crippen LogP contribution in [-0.2, 0) is 0 Å². The van der Waals surface area contributed by atoms with Crippen molar-refractivity contribution in [2.45, 2.75) is 0 Å². The minimum absolute atomic E-state index is 0.143. The van der Waals surface area contributed by atoms with Crippen LogP contribution in [0.4, 0.5) is 15.8 Å². The molecule has 6 heteroatoms. The van der Waals surface area contributed by atoms with Crippen molar-refractivity contribution in [1.29, 1.82) is 5.26 Å². The molecule has 0 aromatic heterocycles. The standard InChI is InChI=1S/C14H9ClFN3O/c15-11-6-8(1-3-12(11)16)14(20)19-13-4-2-10(18)5-9(13)7-17/h1-6H,18H2,(H,19,20). The van der Waals surface area contributed by atoms with Crippen LogP contribution in [-0.4, -0.2) is 5.91 Å². The summed E-state index contributed by atoms with van der Waals surface area (Å²) in [6, 6.07) is 10.1. The smallest absolute Gasteiger partial charge is 0.255 e. The van der Waals surface area contributed by atoms with Gasteiger partial charge in [-0.15, -0.1) is 0 Å². The lowest BCUT2D eigenvalue weighted by molar-refractivity contribution is 0.102. The van der Waals surface area contributed by atoms with Crippen molar-refractivity contribution in [2.24, 2.45) is 0 Å². The number of anilines is 2. The van der Waals surface area contributed by atoms with E-state index < -0.39 is 11.7 Å². The lowest BCUT2D eigenvalue weighted by Gasteiger charge is -2.08. The number of nitrogens with two attached hydrogens (primary N) is 1. The van der Waals surface area contributed by atoms with Crippen molar-refractivity contribution < 1.29 is 9.18 Å². The fourth-order valence-corrected chi connectivity index (χ4v) is 1.78. The Hall–Kier alpha value is -2.58. The Kier molecular flexibility index (Phi) is 3.87. The minimum atomic E-state index is -0.603. The van der Waals surface area contributed by atoms with E-state index in [4.69, 9.17) is 22.6 Å². The first kappa shape index (κ1) is 13.8. The number of amides is 1. The number of benzene rings is 2. The summed E-state index contributed by atoms with van der Waals surface area (Å²) in [5, 5.41) is 11.4. The maximum absolute atomic E-state index is 13.0. The molecule has 100 valence electrons. The van der Waals surface area contributed by atoms with Crippen molar-refractivity contribution in [2.75, 3.05) is 11.1 Å². The maximum atomic E-state index is 13.0. The molecule has 0 unspecified atom stereocenters. The van der Waals surface area contributed by atoms with E-state index in [0.29, 0.717) is 11.4 Å². The number of nitrogen functional groups attached to an aromatic ring is 1. The van der Waals surface area contributed by atoms with Gasteiger partial charge in [0.15, 0.2) is 0 Å². The van der Waals surface area contributed by atoms with Gasteiger partial charge in [-0.2, -0.15) is 5.26 Å². The molecular weight excluding hydrogens is 281 g/mol. The average Bonchev–Trinajstić information content (AvgIpc) is 2.43. The first-order chi connectivity index (χ1) is 9.51. The number of nitrogens with one attached hydrogen (secondary N) is 1. The molecule has 2 rings (SSSR count). The third-order valence-corrected chi connectivity index (χ3v) is 2.88. The SMILES string of the molecule is N#Cc1cc(N)ccc1NC(=O)c1ccc(F)c(Cl)c1. The molecule has 0 bridgehead atoms. The number of nitrogens with zero attached hydrogens (tertiary/aromatic N) is 1. The Morgan fingerprint density at radius 3 is 2.70 bits per heavy atom. The lowest BCUT2D eigenvalue weighted by Crippen LogP contribution is -2.13. The molecule has 0 atom stereocenters. The molecular formula is C14H9ClFN3O. The second-order valence-corrected chi connectivity index (χ2v) is 4.41. The molecule has 0 heterocycles. The quantitative estimate of drug-likeness (QED) is 0.833. The molecule has 4 nitrogen and oxygen atoms in total. The van der Waals surface area contributed by atoms with Gasteiger partial charge in [-0.3, -0.25) is 4.79 Å². The summed E-state index contributed by atoms with van der Waals surface area (Å²) in [5.74, 6) is -1.10. The second-order valence-electron chi connectivity index (χ2n) is 4.00. The van der Waals surface area contributed by atoms with Gasteiger partial charge in [-0.05, 0) is 36.4 Å². The van der Waals surface area contributed by atoms with Crippen molar-refractivity contribution in [3.05, 3.63) is 58.4 Å². The van der Waals surface area contributed by atoms with E-state index in [1.54, 1.807) is 6.07 Å². The highest BCUT2D eigenvalue weighted by molar-refractivity contribution is 6.31. The fourth-order valence-electron chi connectivity index (χ4n) is 1.60. The number of hydrogen-bond donors (Lipinski definition) is 2. The van der Waals surface area contributed by atoms with Crippen LogP contribution in [0, 0.1) is 17.1 Å². The highest BCUT2D eigenvalue weighted by atomic mass is 35.5. The Morgan fingerprint density at radius 1 is 1.30 bits per heavy atom. The number of carbonyl (C=O) groups excluding carboxylic acids is 1. The van der Waals surface area contributed by atoms with E-state index in [9.17, 15) is 9.18 Å². The first-order valence-electron chi connectivity index (χ1n) is 5.57. The zero-order chi connectivity index (χ0) is 14.7. The Bertz CT molecular complexity index is 725. The molecule has 2 aromatic carbocycles. The molecule has 0 aliphatic rings. The maximum Gasteiger partial charge on any atom is 0.255 e. The third kappa shape index (κ3) is 2.87. The fraction of sp³-hybridized carbons (Fsp3) is 0. The van der Waals surface area contributed by atoms with E-state index in [0.717, 1.165) is 6.07 Å². The van der Waals surface area contributed by atoms with Gasteiger partial charge in [0, 0.05) is 11.3 Å². The van der Waals surface area contributed by atoms with Gasteiger partial charge in [0.05, 0.1) is 16.3 Å². The molecule has 0 aliphatic heterocycles. The molecule has 20 heavy (non-hydrogen) atoms. The Morgan fingerprint density at radius 2 is 2.05 bits per heavy atom. The average molecular weight is 290 g/mol. The summed E-state index contributed by atoms with van der Waals surface area (Å²) in [6.45, 7) is 0. The topological polar surface area (TPSA) is 78.9 Å². The molecule has 0 spiro atoms. The zero-order valence-corrected chi connectivity index (χ0v) is 10.9. The number of carbonyl (C=O) groups is 1. The van der Waals surface area contributed by atoms with Gasteiger partial charge in [-0.25, -0.2) is 4.39 Å². The van der Waals surface area contributed by atoms with Crippen molar-refractivity contribution in [1.82, 2.24) is 0 Å². The number of nitriles is 1.